The van der Waals surface area contributed by atoms with E-state index in [-0.39, 0.29) is 21.3 Å². The van der Waals surface area contributed by atoms with Crippen LogP contribution >= 0.6 is 0 Å². The second kappa shape index (κ2) is 9.19. The van der Waals surface area contributed by atoms with Crippen LogP contribution < -0.4 is 4.70 Å². The maximum atomic E-state index is 13.3. The molecule has 172 valence electrons. The first-order valence-corrected chi connectivity index (χ1v) is 12.6. The number of furan rings is 1. The van der Waals surface area contributed by atoms with Crippen LogP contribution in [0, 0.1) is 0 Å². The van der Waals surface area contributed by atoms with Gasteiger partial charge in [-0.05, 0) is 29.2 Å². The summed E-state index contributed by atoms with van der Waals surface area (Å²) in [7, 11) is 0. The Morgan fingerprint density at radius 2 is 1.17 bits per heavy atom. The van der Waals surface area contributed by atoms with E-state index in [1.165, 1.54) is 16.2 Å². The third kappa shape index (κ3) is 7.85. The quantitative estimate of drug-likeness (QED) is 0.189. The zero-order valence-electron chi connectivity index (χ0n) is 15.6. The molecule has 0 aliphatic carbocycles. The fourth-order valence-corrected chi connectivity index (χ4v) is 2.62. The van der Waals surface area contributed by atoms with E-state index in [0.717, 1.165) is 5.56 Å². The van der Waals surface area contributed by atoms with Gasteiger partial charge in [-0.15, -0.1) is 0 Å². The van der Waals surface area contributed by atoms with E-state index >= 15 is 0 Å². The van der Waals surface area contributed by atoms with Gasteiger partial charge in [0, 0.05) is 21.3 Å². The summed E-state index contributed by atoms with van der Waals surface area (Å²) in [5.74, 6) is 0. The number of para-hydroxylation sites is 1. The minimum absolute atomic E-state index is 0. The van der Waals surface area contributed by atoms with Crippen LogP contribution in [0.4, 0.5) is 36.4 Å². The molecule has 0 saturated carbocycles. The first-order chi connectivity index (χ1) is 12.9. The second-order valence-corrected chi connectivity index (χ2v) is 10.5. The molecule has 0 aliphatic heterocycles. The van der Waals surface area contributed by atoms with Gasteiger partial charge in [0.25, 0.3) is 11.2 Å². The fourth-order valence-electron chi connectivity index (χ4n) is 2.62. The molecule has 1 heterocycles. The molecule has 0 bridgehead atoms. The van der Waals surface area contributed by atoms with Gasteiger partial charge in [0.2, 0.25) is 0 Å². The van der Waals surface area contributed by atoms with Crippen molar-refractivity contribution in [2.75, 3.05) is 0 Å². The molecule has 0 spiro atoms. The van der Waals surface area contributed by atoms with E-state index in [2.05, 4.69) is 0 Å². The fraction of sp³-hybridized carbons (Fsp3) is 0.294. The van der Waals surface area contributed by atoms with Gasteiger partial charge in [-0.1, -0.05) is 46.1 Å². The van der Waals surface area contributed by atoms with Crippen molar-refractivity contribution in [1.29, 1.82) is 0 Å². The van der Waals surface area contributed by atoms with Crippen molar-refractivity contribution in [2.24, 2.45) is 0 Å². The zero-order valence-corrected chi connectivity index (χ0v) is 18.1. The number of halogens is 11. The van der Waals surface area contributed by atoms with E-state index in [1.807, 2.05) is 26.8 Å². The van der Waals surface area contributed by atoms with Crippen LogP contribution in [0.5, 0.6) is 0 Å². The molecule has 0 fully saturated rings. The SMILES string of the molecule is CC(C)(C)c1ccc2c(c1)c1ccccc1[o+]2C(F)(F)F.FF.[F-].[F][Sb]([F])([F])([F])[F]. The molecule has 1 nitrogen and oxygen atoms in total. The Labute approximate surface area is 168 Å². The van der Waals surface area contributed by atoms with Gasteiger partial charge in [0.1, 0.15) is 0 Å². The van der Waals surface area contributed by atoms with Gasteiger partial charge in [0.05, 0.1) is 10.8 Å². The van der Waals surface area contributed by atoms with Crippen LogP contribution in [0.25, 0.3) is 21.9 Å². The normalized spacial score (nSPS) is 13.3. The molecule has 0 aliphatic rings. The number of hydrogen-bond donors (Lipinski definition) is 0. The van der Waals surface area contributed by atoms with E-state index in [1.54, 1.807) is 24.3 Å². The topological polar surface area (TPSA) is 2.70 Å². The number of benzene rings is 2. The summed E-state index contributed by atoms with van der Waals surface area (Å²) in [5.41, 5.74) is 1.14. The molecule has 0 unspecified atom stereocenters. The van der Waals surface area contributed by atoms with E-state index in [4.69, 9.17) is 9.15 Å². The van der Waals surface area contributed by atoms with Gasteiger partial charge in [0.15, 0.2) is 0 Å². The summed E-state index contributed by atoms with van der Waals surface area (Å²) < 4.78 is 107. The molecule has 0 N–H and O–H groups in total. The average Bonchev–Trinajstić information content (AvgIpc) is 2.87. The summed E-state index contributed by atoms with van der Waals surface area (Å²) in [6, 6.07) is 11.7. The molecule has 13 heteroatoms. The average molecular weight is 567 g/mol. The van der Waals surface area contributed by atoms with Gasteiger partial charge >= 0.3 is 40.7 Å². The number of rotatable bonds is 0. The van der Waals surface area contributed by atoms with Crippen LogP contribution in [0.2, 0.25) is 0 Å². The van der Waals surface area contributed by atoms with Gasteiger partial charge in [-0.3, -0.25) is 0 Å². The van der Waals surface area contributed by atoms with Crippen molar-refractivity contribution >= 4 is 42.2 Å². The molecule has 30 heavy (non-hydrogen) atoms. The van der Waals surface area contributed by atoms with Crippen molar-refractivity contribution < 1.29 is 45.1 Å². The van der Waals surface area contributed by atoms with Crippen molar-refractivity contribution in [3.05, 3.63) is 48.0 Å². The van der Waals surface area contributed by atoms with Crippen molar-refractivity contribution in [3.8, 4) is 0 Å². The monoisotopic (exact) mass is 566 g/mol. The van der Waals surface area contributed by atoms with Crippen LogP contribution in [0.3, 0.4) is 0 Å². The first kappa shape index (κ1) is 28.3. The van der Waals surface area contributed by atoms with Gasteiger partial charge < -0.3 is 8.75 Å². The Morgan fingerprint density at radius 1 is 0.733 bits per heavy atom. The zero-order chi connectivity index (χ0) is 22.9. The number of fused-ring (bicyclic) bond motifs is 3. The van der Waals surface area contributed by atoms with Gasteiger partial charge in [-0.25, -0.2) is 0 Å². The molecule has 3 rings (SSSR count). The molecular formula is C17H16F11OSb. The number of alkyl halides is 3. The Morgan fingerprint density at radius 3 is 1.60 bits per heavy atom. The Hall–Kier alpha value is -1.71. The van der Waals surface area contributed by atoms with Crippen LogP contribution in [-0.4, -0.2) is 20.3 Å². The van der Waals surface area contributed by atoms with E-state index < -0.39 is 26.7 Å². The van der Waals surface area contributed by atoms with Gasteiger partial charge in [-0.2, -0.15) is 0 Å². The van der Waals surface area contributed by atoms with E-state index in [0.29, 0.717) is 10.8 Å². The first-order valence-electron chi connectivity index (χ1n) is 7.73. The standard InChI is InChI=1S/C17H16F3O.F2.6FH.Sb/c1-16(2,3)11-8-9-15-13(10-11)12-6-4-5-7-14(12)21(15)17(18,19)20;1-2;;;;;;;/h4-10H,1-3H3;;6*1H;/q+1;;;;;;;;+5/p-6. The molecule has 2 aromatic carbocycles. The second-order valence-electron chi connectivity index (χ2n) is 6.85. The molecule has 0 atom stereocenters. The Bertz CT molecular complexity index is 962. The molecule has 3 aromatic rings. The predicted octanol–water partition coefficient (Wildman–Crippen LogP) is 5.61. The summed E-state index contributed by atoms with van der Waals surface area (Å²) in [5, 5.41) is 1.21. The van der Waals surface area contributed by atoms with E-state index in [9.17, 15) is 27.2 Å². The van der Waals surface area contributed by atoms with Crippen LogP contribution in [0.1, 0.15) is 26.3 Å². The molecule has 0 amide bonds. The Kier molecular flexibility index (Phi) is 8.67. The third-order valence-corrected chi connectivity index (χ3v) is 3.69. The van der Waals surface area contributed by atoms with Crippen LogP contribution in [-0.2, 0) is 11.8 Å². The van der Waals surface area contributed by atoms with Crippen molar-refractivity contribution in [1.82, 2.24) is 0 Å². The third-order valence-electron chi connectivity index (χ3n) is 3.69. The van der Waals surface area contributed by atoms with Crippen LogP contribution in [0.15, 0.2) is 46.5 Å². The summed E-state index contributed by atoms with van der Waals surface area (Å²) in [4.78, 5) is 0. The minimum atomic E-state index is -9.19. The summed E-state index contributed by atoms with van der Waals surface area (Å²) in [6.45, 7) is 6.14. The molecule has 0 saturated heterocycles. The molecule has 0 radical (unpaired) electrons. The number of hydrogen-bond acceptors (Lipinski definition) is 0. The predicted molar refractivity (Wildman–Crippen MR) is 91.8 cm³/mol. The molecule has 1 aromatic heterocycles. The van der Waals surface area contributed by atoms with Crippen molar-refractivity contribution in [3.63, 3.8) is 0 Å². The molecular weight excluding hydrogens is 551 g/mol. The maximum absolute atomic E-state index is 13.3. The summed E-state index contributed by atoms with van der Waals surface area (Å²) >= 11 is -9.19. The summed E-state index contributed by atoms with van der Waals surface area (Å²) in [6.07, 6.45) is -4.51. The van der Waals surface area contributed by atoms with Crippen molar-refractivity contribution in [2.45, 2.75) is 32.5 Å². The Balaban J connectivity index is 0.000000812.